The van der Waals surface area contributed by atoms with Crippen LogP contribution in [0, 0.1) is 45.5 Å². The second-order valence-corrected chi connectivity index (χ2v) is 14.7. The summed E-state index contributed by atoms with van der Waals surface area (Å²) in [5.41, 5.74) is 21.7. The predicted molar refractivity (Wildman–Crippen MR) is 227 cm³/mol. The van der Waals surface area contributed by atoms with Gasteiger partial charge in [-0.1, -0.05) is 178 Å². The van der Waals surface area contributed by atoms with Gasteiger partial charge in [-0.3, -0.25) is 0 Å². The predicted octanol–water partition coefficient (Wildman–Crippen LogP) is 7.26. The van der Waals surface area contributed by atoms with E-state index >= 15 is 0 Å². The van der Waals surface area contributed by atoms with Crippen molar-refractivity contribution in [2.75, 3.05) is 0 Å². The van der Waals surface area contributed by atoms with E-state index in [1.807, 2.05) is 0 Å². The Balaban J connectivity index is 1.53. The number of terminal acetylenes is 2. The van der Waals surface area contributed by atoms with Gasteiger partial charge in [-0.2, -0.15) is 0 Å². The number of fused-ring (bicyclic) bond motifs is 4. The lowest BCUT2D eigenvalue weighted by atomic mass is 9.32. The molecule has 2 aliphatic rings. The monoisotopic (exact) mass is 656 g/mol. The van der Waals surface area contributed by atoms with E-state index < -0.39 is 0 Å². The van der Waals surface area contributed by atoms with Crippen molar-refractivity contribution in [3.63, 3.8) is 0 Å². The molecule has 0 aliphatic carbocycles. The summed E-state index contributed by atoms with van der Waals surface area (Å²) < 4.78 is 0. The molecule has 2 aliphatic heterocycles. The van der Waals surface area contributed by atoms with Crippen molar-refractivity contribution in [1.29, 1.82) is 0 Å². The first-order valence-corrected chi connectivity index (χ1v) is 18.8. The fourth-order valence-corrected chi connectivity index (χ4v) is 8.59. The van der Waals surface area contributed by atoms with Gasteiger partial charge in [0.15, 0.2) is 0 Å². The molecule has 0 atom stereocenters. The first-order valence-electron chi connectivity index (χ1n) is 18.8. The molecule has 2 heteroatoms. The van der Waals surface area contributed by atoms with Crippen LogP contribution in [0.2, 0.25) is 0 Å². The number of hydrogen-bond donors (Lipinski definition) is 0. The highest BCUT2D eigenvalue weighted by Gasteiger charge is 2.35. The highest BCUT2D eigenvalue weighted by Crippen LogP contribution is 2.22. The molecule has 2 heterocycles. The Morgan fingerprint density at radius 1 is 0.490 bits per heavy atom. The van der Waals surface area contributed by atoms with Crippen LogP contribution in [-0.4, -0.2) is 13.4 Å². The third-order valence-corrected chi connectivity index (χ3v) is 11.0. The van der Waals surface area contributed by atoms with Crippen molar-refractivity contribution in [1.82, 2.24) is 0 Å². The van der Waals surface area contributed by atoms with Crippen LogP contribution < -0.4 is 32.8 Å². The minimum absolute atomic E-state index is 0.0691. The van der Waals surface area contributed by atoms with Crippen molar-refractivity contribution in [3.05, 3.63) is 140 Å². The van der Waals surface area contributed by atoms with Gasteiger partial charge in [0.05, 0.1) is 0 Å². The first-order chi connectivity index (χ1) is 24.8. The Kier molecular flexibility index (Phi) is 9.81. The van der Waals surface area contributed by atoms with E-state index in [1.165, 1.54) is 102 Å². The molecule has 0 amide bonds. The number of hydrogen-bond acceptors (Lipinski definition) is 0. The highest BCUT2D eigenvalue weighted by atomic mass is 14.2. The van der Waals surface area contributed by atoms with Gasteiger partial charge in [-0.15, -0.1) is 12.8 Å². The number of aryl methyl sites for hydroxylation is 5. The average Bonchev–Trinajstić information content (AvgIpc) is 3.38. The third-order valence-electron chi connectivity index (χ3n) is 11.0. The lowest BCUT2D eigenvalue weighted by Crippen LogP contribution is -2.58. The van der Waals surface area contributed by atoms with Gasteiger partial charge in [-0.25, -0.2) is 0 Å². The molecule has 0 saturated heterocycles. The van der Waals surface area contributed by atoms with Crippen LogP contribution in [0.25, 0.3) is 24.3 Å². The molecule has 0 fully saturated rings. The summed E-state index contributed by atoms with van der Waals surface area (Å²) in [5.74, 6) is 5.78. The van der Waals surface area contributed by atoms with Crippen molar-refractivity contribution in [3.8, 4) is 24.7 Å². The molecule has 0 unspecified atom stereocenters. The summed E-state index contributed by atoms with van der Waals surface area (Å²) in [6.45, 7) is 11.5. The average molecular weight is 657 g/mol. The van der Waals surface area contributed by atoms with E-state index in [1.54, 1.807) is 0 Å². The molecule has 0 N–H and O–H groups in total. The maximum Gasteiger partial charge on any atom is 0.243 e. The molecule has 0 saturated carbocycles. The molecular formula is C49H46B2. The second kappa shape index (κ2) is 14.6. The topological polar surface area (TPSA) is 0 Å². The van der Waals surface area contributed by atoms with E-state index in [9.17, 15) is 0 Å². The largest absolute Gasteiger partial charge is 0.243 e. The number of unbranched alkanes of at least 4 members (excludes halogenated alkanes) is 2. The van der Waals surface area contributed by atoms with E-state index in [0.717, 1.165) is 30.4 Å². The van der Waals surface area contributed by atoms with Crippen LogP contribution in [0.5, 0.6) is 0 Å². The molecule has 5 aromatic carbocycles. The molecule has 5 aromatic rings. The maximum atomic E-state index is 5.96. The van der Waals surface area contributed by atoms with Crippen LogP contribution in [0.3, 0.4) is 0 Å². The molecule has 51 heavy (non-hydrogen) atoms. The number of benzene rings is 5. The van der Waals surface area contributed by atoms with Crippen molar-refractivity contribution in [2.45, 2.75) is 73.1 Å². The Morgan fingerprint density at radius 3 is 1.55 bits per heavy atom. The van der Waals surface area contributed by atoms with Crippen molar-refractivity contribution in [2.24, 2.45) is 0 Å². The fraction of sp³-hybridized carbons (Fsp3) is 0.224. The third kappa shape index (κ3) is 6.58. The molecule has 7 rings (SSSR count). The zero-order valence-corrected chi connectivity index (χ0v) is 30.9. The summed E-state index contributed by atoms with van der Waals surface area (Å²) in [5, 5.41) is 0. The van der Waals surface area contributed by atoms with Crippen molar-refractivity contribution >= 4 is 70.5 Å². The molecule has 0 bridgehead atoms. The van der Waals surface area contributed by atoms with E-state index in [4.69, 9.17) is 12.8 Å². The lowest BCUT2D eigenvalue weighted by Gasteiger charge is -2.26. The normalized spacial score (nSPS) is 12.6. The highest BCUT2D eigenvalue weighted by molar-refractivity contribution is 6.98. The summed E-state index contributed by atoms with van der Waals surface area (Å²) >= 11 is 0. The van der Waals surface area contributed by atoms with Crippen LogP contribution >= 0.6 is 0 Å². The van der Waals surface area contributed by atoms with Gasteiger partial charge in [-0.05, 0) is 93.0 Å². The lowest BCUT2D eigenvalue weighted by molar-refractivity contribution is 0.796. The molecular weight excluding hydrogens is 610 g/mol. The first kappa shape index (κ1) is 34.3. The van der Waals surface area contributed by atoms with Gasteiger partial charge in [0, 0.05) is 11.1 Å². The van der Waals surface area contributed by atoms with E-state index in [0.29, 0.717) is 0 Å². The second-order valence-electron chi connectivity index (χ2n) is 14.7. The molecule has 0 radical (unpaired) electrons. The minimum atomic E-state index is 0.0691. The van der Waals surface area contributed by atoms with Crippen molar-refractivity contribution < 1.29 is 0 Å². The standard InChI is InChI=1S/C49H46B2/c1-8-12-14-38-27-33(5)16-23-44(38)50-45-24-17-36(10-3)29-39(45)19-21-41-32-48-42(31-47(41)50)22-20-40-30-37(11-4)18-25-46(40)51(48)49-35(7)26-34(6)28-43(49)15-13-9-2/h3-4,16-32H,8-9,12-15H2,1-2,5-7H3. The molecule has 248 valence electrons. The van der Waals surface area contributed by atoms with E-state index in [-0.39, 0.29) is 13.4 Å². The summed E-state index contributed by atoms with van der Waals surface area (Å²) in [6.07, 6.45) is 28.0. The van der Waals surface area contributed by atoms with Gasteiger partial charge in [0.1, 0.15) is 0 Å². The quantitative estimate of drug-likeness (QED) is 0.119. The Labute approximate surface area is 307 Å². The maximum absolute atomic E-state index is 5.96. The summed E-state index contributed by atoms with van der Waals surface area (Å²) in [6, 6.07) is 30.1. The Bertz CT molecular complexity index is 2300. The van der Waals surface area contributed by atoms with Crippen LogP contribution in [0.4, 0.5) is 0 Å². The van der Waals surface area contributed by atoms with Crippen LogP contribution in [-0.2, 0) is 12.8 Å². The Morgan fingerprint density at radius 2 is 0.980 bits per heavy atom. The molecule has 0 spiro atoms. The van der Waals surface area contributed by atoms with E-state index in [2.05, 4.69) is 150 Å². The smallest absolute Gasteiger partial charge is 0.115 e. The number of rotatable bonds is 8. The Hall–Kier alpha value is -5.17. The summed E-state index contributed by atoms with van der Waals surface area (Å²) in [4.78, 5) is 0. The minimum Gasteiger partial charge on any atom is -0.115 e. The molecule has 0 nitrogen and oxygen atoms in total. The van der Waals surface area contributed by atoms with Gasteiger partial charge < -0.3 is 0 Å². The van der Waals surface area contributed by atoms with Gasteiger partial charge in [0.2, 0.25) is 13.4 Å². The zero-order chi connectivity index (χ0) is 35.6. The van der Waals surface area contributed by atoms with Crippen LogP contribution in [0.1, 0.15) is 101 Å². The van der Waals surface area contributed by atoms with Crippen LogP contribution in [0.15, 0.2) is 78.9 Å². The van der Waals surface area contributed by atoms with Gasteiger partial charge in [0.25, 0.3) is 0 Å². The summed E-state index contributed by atoms with van der Waals surface area (Å²) in [7, 11) is 0. The fourth-order valence-electron chi connectivity index (χ4n) is 8.59. The zero-order valence-electron chi connectivity index (χ0n) is 30.9. The molecule has 0 aromatic heterocycles. The van der Waals surface area contributed by atoms with Gasteiger partial charge >= 0.3 is 0 Å². The SMILES string of the molecule is C#Cc1ccc2c(c1)C=Cc1cc3c(cc1B2c1ccc(C)cc1CCCC)C=Cc1cc(C#C)ccc1B3c1c(C)cc(C)cc1CCCC.